The maximum Gasteiger partial charge on any atom is 0.143 e. The molecule has 0 saturated carbocycles. The van der Waals surface area contributed by atoms with Crippen molar-refractivity contribution in [2.75, 3.05) is 0 Å². The van der Waals surface area contributed by atoms with Crippen LogP contribution >= 0.6 is 22.7 Å². The first-order valence-corrected chi connectivity index (χ1v) is 19.6. The van der Waals surface area contributed by atoms with Crippen molar-refractivity contribution in [3.05, 3.63) is 170 Å². The smallest absolute Gasteiger partial charge is 0.143 e. The number of hydrogen-bond acceptors (Lipinski definition) is 3. The molecule has 0 saturated heterocycles. The number of rotatable bonds is 3. The van der Waals surface area contributed by atoms with Crippen molar-refractivity contribution in [2.45, 2.75) is 0 Å². The van der Waals surface area contributed by atoms with Crippen LogP contribution in [0, 0.1) is 0 Å². The quantitative estimate of drug-likeness (QED) is 0.167. The summed E-state index contributed by atoms with van der Waals surface area (Å²) < 4.78 is 10.7. The van der Waals surface area contributed by atoms with Gasteiger partial charge in [-0.3, -0.25) is 0 Å². The first-order chi connectivity index (χ1) is 26.3. The Bertz CT molecular complexity index is 3390. The van der Waals surface area contributed by atoms with E-state index in [0.717, 1.165) is 27.3 Å². The molecule has 0 spiro atoms. The van der Waals surface area contributed by atoms with Gasteiger partial charge in [-0.05, 0) is 79.5 Å². The second-order valence-electron chi connectivity index (χ2n) is 13.9. The van der Waals surface area contributed by atoms with Crippen LogP contribution < -0.4 is 0 Å². The molecule has 0 fully saturated rings. The maximum atomic E-state index is 6.71. The Balaban J connectivity index is 1.24. The summed E-state index contributed by atoms with van der Waals surface area (Å²) in [5.41, 5.74) is 8.14. The number of fused-ring (bicyclic) bond motifs is 11. The van der Waals surface area contributed by atoms with Gasteiger partial charge in [0.1, 0.15) is 11.2 Å². The highest BCUT2D eigenvalue weighted by atomic mass is 32.1. The van der Waals surface area contributed by atoms with Crippen molar-refractivity contribution in [2.24, 2.45) is 0 Å². The van der Waals surface area contributed by atoms with Crippen molar-refractivity contribution in [1.82, 2.24) is 0 Å². The zero-order valence-corrected chi connectivity index (χ0v) is 30.0. The van der Waals surface area contributed by atoms with Gasteiger partial charge in [0.15, 0.2) is 0 Å². The highest BCUT2D eigenvalue weighted by Crippen LogP contribution is 2.53. The molecule has 0 aliphatic heterocycles. The van der Waals surface area contributed by atoms with E-state index in [1.165, 1.54) is 89.9 Å². The Morgan fingerprint density at radius 2 is 0.981 bits per heavy atom. The molecule has 3 aromatic heterocycles. The second kappa shape index (κ2) is 11.1. The highest BCUT2D eigenvalue weighted by molar-refractivity contribution is 7.26. The van der Waals surface area contributed by atoms with Gasteiger partial charge in [-0.1, -0.05) is 140 Å². The third-order valence-electron chi connectivity index (χ3n) is 11.1. The van der Waals surface area contributed by atoms with Crippen LogP contribution in [0.15, 0.2) is 174 Å². The number of benzene rings is 9. The molecule has 0 amide bonds. The van der Waals surface area contributed by atoms with Gasteiger partial charge in [0.05, 0.1) is 0 Å². The molecule has 12 aromatic rings. The summed E-state index contributed by atoms with van der Waals surface area (Å²) in [5, 5.41) is 13.6. The molecule has 0 N–H and O–H groups in total. The van der Waals surface area contributed by atoms with Crippen LogP contribution in [-0.2, 0) is 0 Å². The van der Waals surface area contributed by atoms with Gasteiger partial charge in [-0.2, -0.15) is 0 Å². The summed E-state index contributed by atoms with van der Waals surface area (Å²) in [4.78, 5) is 1.31. The fourth-order valence-corrected chi connectivity index (χ4v) is 11.2. The predicted octanol–water partition coefficient (Wildman–Crippen LogP) is 15.6. The van der Waals surface area contributed by atoms with Crippen LogP contribution in [0.25, 0.3) is 117 Å². The highest BCUT2D eigenvalue weighted by Gasteiger charge is 2.25. The fourth-order valence-electron chi connectivity index (χ4n) is 8.80. The Morgan fingerprint density at radius 3 is 1.75 bits per heavy atom. The molecular weight excluding hydrogens is 681 g/mol. The van der Waals surface area contributed by atoms with Gasteiger partial charge in [0, 0.05) is 56.9 Å². The van der Waals surface area contributed by atoms with Crippen molar-refractivity contribution < 1.29 is 4.42 Å². The Kier molecular flexibility index (Phi) is 6.15. The first-order valence-electron chi connectivity index (χ1n) is 18.0. The summed E-state index contributed by atoms with van der Waals surface area (Å²) >= 11 is 3.81. The molecule has 9 aromatic carbocycles. The molecule has 0 aliphatic rings. The molecule has 246 valence electrons. The monoisotopic (exact) mass is 708 g/mol. The zero-order valence-electron chi connectivity index (χ0n) is 28.4. The fraction of sp³-hybridized carbons (Fsp3) is 0. The van der Waals surface area contributed by atoms with Gasteiger partial charge in [-0.15, -0.1) is 22.7 Å². The summed E-state index contributed by atoms with van der Waals surface area (Å²) in [5.74, 6) is 0. The van der Waals surface area contributed by atoms with Gasteiger partial charge in [0.2, 0.25) is 0 Å². The lowest BCUT2D eigenvalue weighted by Crippen LogP contribution is -1.92. The summed E-state index contributed by atoms with van der Waals surface area (Å²) in [6.07, 6.45) is 0. The lowest BCUT2D eigenvalue weighted by Gasteiger charge is -2.19. The average molecular weight is 709 g/mol. The molecule has 53 heavy (non-hydrogen) atoms. The van der Waals surface area contributed by atoms with E-state index >= 15 is 0 Å². The number of para-hydroxylation sites is 1. The van der Waals surface area contributed by atoms with E-state index in [9.17, 15) is 0 Å². The molecule has 0 unspecified atom stereocenters. The minimum Gasteiger partial charge on any atom is -0.455 e. The number of furan rings is 1. The minimum absolute atomic E-state index is 0.917. The van der Waals surface area contributed by atoms with Gasteiger partial charge < -0.3 is 4.42 Å². The van der Waals surface area contributed by atoms with Crippen molar-refractivity contribution >= 4 is 107 Å². The first kappa shape index (κ1) is 29.3. The van der Waals surface area contributed by atoms with Crippen molar-refractivity contribution in [1.29, 1.82) is 0 Å². The molecule has 12 rings (SSSR count). The van der Waals surface area contributed by atoms with Crippen LogP contribution in [0.2, 0.25) is 0 Å². The molecule has 0 aliphatic carbocycles. The van der Waals surface area contributed by atoms with Crippen LogP contribution in [-0.4, -0.2) is 0 Å². The predicted molar refractivity (Wildman–Crippen MR) is 231 cm³/mol. The Hall–Kier alpha value is -6.26. The molecule has 3 heterocycles. The SMILES string of the molecule is c1ccc(-c2sc3cc4c(cc3c2-c2c3ccccc3c(-c3cccc5ccc6c7ccccc7oc6c35)c3ccccc23)sc2ccccc24)cc1. The second-order valence-corrected chi connectivity index (χ2v) is 16.0. The Labute approximate surface area is 312 Å². The van der Waals surface area contributed by atoms with E-state index in [1.807, 2.05) is 22.7 Å². The molecule has 0 atom stereocenters. The average Bonchev–Trinajstić information content (AvgIpc) is 3.90. The lowest BCUT2D eigenvalue weighted by atomic mass is 9.83. The molecule has 1 nitrogen and oxygen atoms in total. The van der Waals surface area contributed by atoms with E-state index in [1.54, 1.807) is 0 Å². The van der Waals surface area contributed by atoms with Crippen LogP contribution in [0.3, 0.4) is 0 Å². The topological polar surface area (TPSA) is 13.1 Å². The third kappa shape index (κ3) is 4.18. The van der Waals surface area contributed by atoms with Crippen LogP contribution in [0.4, 0.5) is 0 Å². The van der Waals surface area contributed by atoms with Crippen LogP contribution in [0.1, 0.15) is 0 Å². The van der Waals surface area contributed by atoms with Gasteiger partial charge in [-0.25, -0.2) is 0 Å². The van der Waals surface area contributed by atoms with E-state index in [-0.39, 0.29) is 0 Å². The zero-order chi connectivity index (χ0) is 34.6. The molecule has 3 heteroatoms. The largest absolute Gasteiger partial charge is 0.455 e. The van der Waals surface area contributed by atoms with E-state index in [4.69, 9.17) is 4.42 Å². The molecule has 0 radical (unpaired) electrons. The number of hydrogen-bond donors (Lipinski definition) is 0. The van der Waals surface area contributed by atoms with Gasteiger partial charge in [0.25, 0.3) is 0 Å². The van der Waals surface area contributed by atoms with E-state index < -0.39 is 0 Å². The van der Waals surface area contributed by atoms with E-state index in [2.05, 4.69) is 170 Å². The summed E-state index contributed by atoms with van der Waals surface area (Å²) in [6, 6.07) is 62.3. The lowest BCUT2D eigenvalue weighted by molar-refractivity contribution is 0.673. The van der Waals surface area contributed by atoms with Crippen LogP contribution in [0.5, 0.6) is 0 Å². The summed E-state index contributed by atoms with van der Waals surface area (Å²) in [6.45, 7) is 0. The Morgan fingerprint density at radius 1 is 0.358 bits per heavy atom. The molecular formula is C50H28OS2. The van der Waals surface area contributed by atoms with Crippen molar-refractivity contribution in [3.8, 4) is 32.7 Å². The summed E-state index contributed by atoms with van der Waals surface area (Å²) in [7, 11) is 0. The normalized spacial score (nSPS) is 12.2. The van der Waals surface area contributed by atoms with Crippen molar-refractivity contribution in [3.63, 3.8) is 0 Å². The van der Waals surface area contributed by atoms with E-state index in [0.29, 0.717) is 0 Å². The molecule has 0 bridgehead atoms. The third-order valence-corrected chi connectivity index (χ3v) is 13.4. The van der Waals surface area contributed by atoms with Gasteiger partial charge >= 0.3 is 0 Å². The minimum atomic E-state index is 0.917. The standard InChI is InChI=1S/C50H28OS2/c1-2-13-30(14-3-1)50-48(40-28-43-39(27-44(40)53-50)32-17-9-11-24-42(32)52-43)47-35-20-6-4-18-33(35)46(34-19-5-7-21-36(34)47)38-22-12-15-29-25-26-37-31-16-8-10-23-41(31)51-49(37)45(29)38/h1-28H. The maximum absolute atomic E-state index is 6.71. The number of thiophene rings is 2.